The predicted molar refractivity (Wildman–Crippen MR) is 110 cm³/mol. The van der Waals surface area contributed by atoms with E-state index in [4.69, 9.17) is 0 Å². The fraction of sp³-hybridized carbons (Fsp3) is 0.250. The highest BCUT2D eigenvalue weighted by molar-refractivity contribution is 7.14. The second-order valence-electron chi connectivity index (χ2n) is 6.58. The Morgan fingerprint density at radius 3 is 2.61 bits per heavy atom. The number of pyridine rings is 1. The molecule has 1 saturated heterocycles. The molecule has 8 heteroatoms. The van der Waals surface area contributed by atoms with E-state index in [-0.39, 0.29) is 11.7 Å². The zero-order valence-electron chi connectivity index (χ0n) is 15.4. The fourth-order valence-corrected chi connectivity index (χ4v) is 4.06. The lowest BCUT2D eigenvalue weighted by atomic mass is 10.2. The molecule has 28 heavy (non-hydrogen) atoms. The summed E-state index contributed by atoms with van der Waals surface area (Å²) in [4.78, 5) is 24.6. The molecule has 1 aromatic carbocycles. The number of carbonyl (C=O) groups excluding carboxylic acids is 1. The van der Waals surface area contributed by atoms with E-state index < -0.39 is 0 Å². The highest BCUT2D eigenvalue weighted by Crippen LogP contribution is 2.29. The van der Waals surface area contributed by atoms with E-state index in [1.807, 2.05) is 23.6 Å². The lowest BCUT2D eigenvalue weighted by molar-refractivity contribution is -0.114. The largest absolute Gasteiger partial charge is 0.367 e. The highest BCUT2D eigenvalue weighted by atomic mass is 32.1. The van der Waals surface area contributed by atoms with Crippen molar-refractivity contribution >= 4 is 33.9 Å². The monoisotopic (exact) mass is 397 g/mol. The second kappa shape index (κ2) is 7.93. The van der Waals surface area contributed by atoms with Crippen LogP contribution in [0.2, 0.25) is 0 Å². The summed E-state index contributed by atoms with van der Waals surface area (Å²) >= 11 is 1.58. The number of rotatable bonds is 4. The molecule has 0 saturated carbocycles. The van der Waals surface area contributed by atoms with Crippen molar-refractivity contribution in [2.45, 2.75) is 6.92 Å². The molecule has 0 spiro atoms. The van der Waals surface area contributed by atoms with Crippen LogP contribution in [0.15, 0.2) is 48.0 Å². The van der Waals surface area contributed by atoms with Crippen LogP contribution in [0.4, 0.5) is 21.0 Å². The van der Waals surface area contributed by atoms with Gasteiger partial charge in [-0.15, -0.1) is 11.3 Å². The van der Waals surface area contributed by atoms with Crippen LogP contribution in [0.3, 0.4) is 0 Å². The summed E-state index contributed by atoms with van der Waals surface area (Å²) in [5.74, 6) is 0.177. The SMILES string of the molecule is CC(=O)Nc1ccc(N2CCN(c3nc(-c4cccc(F)c4)cs3)CC2)cn1. The molecule has 2 aromatic heterocycles. The van der Waals surface area contributed by atoms with Crippen molar-refractivity contribution in [1.82, 2.24) is 9.97 Å². The molecule has 1 amide bonds. The van der Waals surface area contributed by atoms with Crippen LogP contribution < -0.4 is 15.1 Å². The first-order valence-electron chi connectivity index (χ1n) is 9.03. The van der Waals surface area contributed by atoms with Crippen molar-refractivity contribution in [3.05, 3.63) is 53.8 Å². The average molecular weight is 397 g/mol. The Balaban J connectivity index is 1.38. The Kier molecular flexibility index (Phi) is 5.21. The molecule has 144 valence electrons. The van der Waals surface area contributed by atoms with Gasteiger partial charge in [0.2, 0.25) is 5.91 Å². The van der Waals surface area contributed by atoms with Crippen molar-refractivity contribution < 1.29 is 9.18 Å². The zero-order valence-corrected chi connectivity index (χ0v) is 16.2. The molecule has 3 heterocycles. The third-order valence-corrected chi connectivity index (χ3v) is 5.48. The molecular weight excluding hydrogens is 377 g/mol. The van der Waals surface area contributed by atoms with Gasteiger partial charge in [-0.25, -0.2) is 14.4 Å². The van der Waals surface area contributed by atoms with Crippen LogP contribution in [0.1, 0.15) is 6.92 Å². The van der Waals surface area contributed by atoms with Gasteiger partial charge < -0.3 is 15.1 Å². The van der Waals surface area contributed by atoms with Gasteiger partial charge in [0.25, 0.3) is 0 Å². The molecule has 1 aliphatic heterocycles. The smallest absolute Gasteiger partial charge is 0.222 e. The zero-order chi connectivity index (χ0) is 19.5. The van der Waals surface area contributed by atoms with Crippen molar-refractivity contribution in [2.75, 3.05) is 41.3 Å². The van der Waals surface area contributed by atoms with Crippen LogP contribution in [0.25, 0.3) is 11.3 Å². The first-order chi connectivity index (χ1) is 13.6. The molecule has 0 radical (unpaired) electrons. The number of hydrogen-bond donors (Lipinski definition) is 1. The van der Waals surface area contributed by atoms with Crippen LogP contribution in [-0.2, 0) is 4.79 Å². The Hall–Kier alpha value is -3.00. The minimum absolute atomic E-state index is 0.130. The minimum atomic E-state index is -0.251. The third kappa shape index (κ3) is 4.12. The Bertz CT molecular complexity index is 967. The number of nitrogens with zero attached hydrogens (tertiary/aromatic N) is 4. The van der Waals surface area contributed by atoms with Crippen molar-refractivity contribution in [3.63, 3.8) is 0 Å². The molecule has 0 unspecified atom stereocenters. The number of hydrogen-bond acceptors (Lipinski definition) is 6. The number of carbonyl (C=O) groups is 1. The van der Waals surface area contributed by atoms with Gasteiger partial charge in [-0.1, -0.05) is 12.1 Å². The lowest BCUT2D eigenvalue weighted by Gasteiger charge is -2.35. The number of benzene rings is 1. The summed E-state index contributed by atoms with van der Waals surface area (Å²) in [6.45, 7) is 4.88. The van der Waals surface area contributed by atoms with Gasteiger partial charge in [0.15, 0.2) is 5.13 Å². The normalized spacial score (nSPS) is 14.2. The number of anilines is 3. The number of aromatic nitrogens is 2. The maximum absolute atomic E-state index is 13.4. The molecule has 1 fully saturated rings. The van der Waals surface area contributed by atoms with Gasteiger partial charge >= 0.3 is 0 Å². The Labute approximate surface area is 166 Å². The topological polar surface area (TPSA) is 61.4 Å². The van der Waals surface area contributed by atoms with E-state index >= 15 is 0 Å². The molecule has 3 aromatic rings. The lowest BCUT2D eigenvalue weighted by Crippen LogP contribution is -2.46. The maximum Gasteiger partial charge on any atom is 0.222 e. The van der Waals surface area contributed by atoms with E-state index in [0.717, 1.165) is 48.3 Å². The molecule has 0 atom stereocenters. The fourth-order valence-electron chi connectivity index (χ4n) is 3.17. The van der Waals surface area contributed by atoms with Crippen molar-refractivity contribution in [2.24, 2.45) is 0 Å². The van der Waals surface area contributed by atoms with Gasteiger partial charge in [0.1, 0.15) is 11.6 Å². The average Bonchev–Trinajstić information content (AvgIpc) is 3.19. The van der Waals surface area contributed by atoms with E-state index in [1.165, 1.54) is 19.1 Å². The first-order valence-corrected chi connectivity index (χ1v) is 9.91. The summed E-state index contributed by atoms with van der Waals surface area (Å²) < 4.78 is 13.4. The minimum Gasteiger partial charge on any atom is -0.367 e. The van der Waals surface area contributed by atoms with Gasteiger partial charge in [0.05, 0.1) is 17.6 Å². The van der Waals surface area contributed by atoms with Crippen LogP contribution in [-0.4, -0.2) is 42.1 Å². The molecule has 6 nitrogen and oxygen atoms in total. The van der Waals surface area contributed by atoms with Gasteiger partial charge in [-0.05, 0) is 24.3 Å². The predicted octanol–water partition coefficient (Wildman–Crippen LogP) is 3.63. The molecule has 4 rings (SSSR count). The highest BCUT2D eigenvalue weighted by Gasteiger charge is 2.20. The number of thiazole rings is 1. The van der Waals surface area contributed by atoms with Crippen molar-refractivity contribution in [3.8, 4) is 11.3 Å². The summed E-state index contributed by atoms with van der Waals surface area (Å²) in [5, 5.41) is 5.61. The molecular formula is C20H20FN5OS. The van der Waals surface area contributed by atoms with Crippen LogP contribution in [0.5, 0.6) is 0 Å². The number of piperazine rings is 1. The second-order valence-corrected chi connectivity index (χ2v) is 7.42. The van der Waals surface area contributed by atoms with Gasteiger partial charge in [-0.2, -0.15) is 0 Å². The molecule has 0 bridgehead atoms. The number of nitrogens with one attached hydrogen (secondary N) is 1. The van der Waals surface area contributed by atoms with Crippen LogP contribution >= 0.6 is 11.3 Å². The summed E-state index contributed by atoms with van der Waals surface area (Å²) in [5.41, 5.74) is 2.64. The number of halogens is 1. The molecule has 1 N–H and O–H groups in total. The van der Waals surface area contributed by atoms with E-state index in [9.17, 15) is 9.18 Å². The van der Waals surface area contributed by atoms with E-state index in [0.29, 0.717) is 5.82 Å². The quantitative estimate of drug-likeness (QED) is 0.729. The Morgan fingerprint density at radius 2 is 1.93 bits per heavy atom. The molecule has 1 aliphatic rings. The summed E-state index contributed by atoms with van der Waals surface area (Å²) in [7, 11) is 0. The van der Waals surface area contributed by atoms with Crippen molar-refractivity contribution in [1.29, 1.82) is 0 Å². The standard InChI is InChI=1S/C20H20FN5OS/c1-14(27)23-19-6-5-17(12-22-19)25-7-9-26(10-8-25)20-24-18(13-28-20)15-3-2-4-16(21)11-15/h2-6,11-13H,7-10H2,1H3,(H,22,23,27). The van der Waals surface area contributed by atoms with Gasteiger partial charge in [0, 0.05) is 44.0 Å². The molecule has 0 aliphatic carbocycles. The Morgan fingerprint density at radius 1 is 1.14 bits per heavy atom. The number of amides is 1. The maximum atomic E-state index is 13.4. The summed E-state index contributed by atoms with van der Waals surface area (Å²) in [6, 6.07) is 10.3. The van der Waals surface area contributed by atoms with E-state index in [2.05, 4.69) is 25.1 Å². The van der Waals surface area contributed by atoms with E-state index in [1.54, 1.807) is 23.6 Å². The van der Waals surface area contributed by atoms with Crippen LogP contribution in [0, 0.1) is 5.82 Å². The third-order valence-electron chi connectivity index (χ3n) is 4.58. The first kappa shape index (κ1) is 18.4. The van der Waals surface area contributed by atoms with Gasteiger partial charge in [-0.3, -0.25) is 4.79 Å². The summed E-state index contributed by atoms with van der Waals surface area (Å²) in [6.07, 6.45) is 1.78.